The first-order chi connectivity index (χ1) is 36.6. The highest BCUT2D eigenvalue weighted by atomic mass is 16.6. The van der Waals surface area contributed by atoms with Crippen molar-refractivity contribution in [3.05, 3.63) is 134 Å². The number of carbonyl (C=O) groups is 2. The average molecular weight is 1020 g/mol. The lowest BCUT2D eigenvalue weighted by Gasteiger charge is -2.15. The van der Waals surface area contributed by atoms with E-state index in [4.69, 9.17) is 9.47 Å². The first kappa shape index (κ1) is 70.0. The van der Waals surface area contributed by atoms with E-state index in [1.165, 1.54) is 116 Å². The number of aliphatic hydroxyl groups excluding tert-OH is 1. The summed E-state index contributed by atoms with van der Waals surface area (Å²) in [6.45, 7) is 4.03. The van der Waals surface area contributed by atoms with Gasteiger partial charge in [-0.25, -0.2) is 0 Å². The summed E-state index contributed by atoms with van der Waals surface area (Å²) < 4.78 is 10.7. The SMILES string of the molecule is CC/C=C\C/C=C\C/C=C\C/C=C\C/C=C\C/C=C\C/C=C\C/C=C\C/C=C\C/C=C\C/C=C\CCCCCCCC(=O)OC(CO)COC(=O)CCCCCCCCCCCCCCCCCCCCCCC. The lowest BCUT2D eigenvalue weighted by molar-refractivity contribution is -0.161. The van der Waals surface area contributed by atoms with Gasteiger partial charge in [-0.3, -0.25) is 9.59 Å². The number of unbranched alkanes of at least 4 members (excludes halogenated alkanes) is 25. The third kappa shape index (κ3) is 60.6. The van der Waals surface area contributed by atoms with Gasteiger partial charge in [-0.15, -0.1) is 0 Å². The van der Waals surface area contributed by atoms with Gasteiger partial charge in [-0.2, -0.15) is 0 Å². The minimum absolute atomic E-state index is 0.0781. The van der Waals surface area contributed by atoms with Crippen LogP contribution in [0, 0.1) is 0 Å². The number of hydrogen-bond acceptors (Lipinski definition) is 5. The summed E-state index contributed by atoms with van der Waals surface area (Å²) in [5, 5.41) is 9.66. The van der Waals surface area contributed by atoms with E-state index in [-0.39, 0.29) is 25.2 Å². The van der Waals surface area contributed by atoms with Gasteiger partial charge in [0.05, 0.1) is 6.61 Å². The second-order valence-electron chi connectivity index (χ2n) is 20.1. The molecule has 1 N–H and O–H groups in total. The molecule has 0 saturated carbocycles. The first-order valence-corrected chi connectivity index (χ1v) is 30.7. The van der Waals surface area contributed by atoms with Crippen LogP contribution < -0.4 is 0 Å². The van der Waals surface area contributed by atoms with Crippen molar-refractivity contribution < 1.29 is 24.2 Å². The smallest absolute Gasteiger partial charge is 0.306 e. The van der Waals surface area contributed by atoms with E-state index in [1.807, 2.05) is 0 Å². The minimum atomic E-state index is -0.790. The van der Waals surface area contributed by atoms with Crippen LogP contribution in [0.25, 0.3) is 0 Å². The molecular weight excluding hydrogens is 909 g/mol. The molecule has 0 saturated heterocycles. The van der Waals surface area contributed by atoms with Crippen LogP contribution in [0.3, 0.4) is 0 Å². The molecule has 5 heteroatoms. The van der Waals surface area contributed by atoms with Crippen LogP contribution >= 0.6 is 0 Å². The van der Waals surface area contributed by atoms with Crippen LogP contribution in [0.4, 0.5) is 0 Å². The number of carbonyl (C=O) groups excluding carboxylic acids is 2. The molecule has 0 aliphatic carbocycles. The second-order valence-corrected chi connectivity index (χ2v) is 20.1. The summed E-state index contributed by atoms with van der Waals surface area (Å²) in [4.78, 5) is 24.5. The Kier molecular flexibility index (Phi) is 59.9. The van der Waals surface area contributed by atoms with Gasteiger partial charge in [0.2, 0.25) is 0 Å². The van der Waals surface area contributed by atoms with Gasteiger partial charge in [0.15, 0.2) is 6.10 Å². The molecule has 0 bridgehead atoms. The number of rotatable bonds is 55. The van der Waals surface area contributed by atoms with Gasteiger partial charge in [0.25, 0.3) is 0 Å². The lowest BCUT2D eigenvalue weighted by Crippen LogP contribution is -2.28. The van der Waals surface area contributed by atoms with Crippen molar-refractivity contribution in [2.45, 2.75) is 277 Å². The molecule has 1 atom stereocenters. The normalized spacial score (nSPS) is 13.2. The van der Waals surface area contributed by atoms with Crippen LogP contribution in [0.5, 0.6) is 0 Å². The highest BCUT2D eigenvalue weighted by Crippen LogP contribution is 2.16. The van der Waals surface area contributed by atoms with Crippen molar-refractivity contribution in [1.82, 2.24) is 0 Å². The Bertz CT molecular complexity index is 1530. The molecule has 0 amide bonds. The predicted octanol–water partition coefficient (Wildman–Crippen LogP) is 21.2. The molecule has 0 fully saturated rings. The van der Waals surface area contributed by atoms with Crippen molar-refractivity contribution in [2.24, 2.45) is 0 Å². The van der Waals surface area contributed by atoms with E-state index in [1.54, 1.807) is 0 Å². The standard InChI is InChI=1S/C69H114O5/c1-3-5-7-9-11-13-15-17-19-21-23-25-26-27-28-29-30-31-32-33-34-35-36-37-38-39-40-41-42-44-46-48-50-52-54-56-58-60-62-64-69(72)74-67(65-70)66-73-68(71)63-61-59-57-55-53-51-49-47-45-43-24-22-20-18-16-14-12-10-8-6-4-2/h5,7,11,13,17,19,23,25,27-28,30-31,33-34,36-37,39-40,42,44,48,50,67,70H,3-4,6,8-10,12,14-16,18,20-22,24,26,29,32,35,38,41,43,45-47,49,51-66H2,1-2H3/b7-5-,13-11-,19-17-,25-23-,28-27-,31-30-,34-33-,37-36-,40-39-,44-42-,50-48-. The molecular formula is C69H114O5. The maximum atomic E-state index is 12.3. The van der Waals surface area contributed by atoms with Gasteiger partial charge in [-0.05, 0) is 96.3 Å². The molecule has 0 rings (SSSR count). The van der Waals surface area contributed by atoms with E-state index in [9.17, 15) is 14.7 Å². The van der Waals surface area contributed by atoms with Crippen molar-refractivity contribution in [3.63, 3.8) is 0 Å². The Morgan fingerprint density at radius 3 is 0.878 bits per heavy atom. The van der Waals surface area contributed by atoms with Gasteiger partial charge in [0.1, 0.15) is 6.61 Å². The molecule has 0 aromatic heterocycles. The number of esters is 2. The van der Waals surface area contributed by atoms with Crippen molar-refractivity contribution in [3.8, 4) is 0 Å². The summed E-state index contributed by atoms with van der Waals surface area (Å²) in [5.74, 6) is -0.611. The van der Waals surface area contributed by atoms with Crippen molar-refractivity contribution in [1.29, 1.82) is 0 Å². The monoisotopic (exact) mass is 1020 g/mol. The maximum absolute atomic E-state index is 12.3. The minimum Gasteiger partial charge on any atom is -0.462 e. The highest BCUT2D eigenvalue weighted by Gasteiger charge is 2.16. The van der Waals surface area contributed by atoms with Crippen LogP contribution in [0.1, 0.15) is 271 Å². The topological polar surface area (TPSA) is 72.8 Å². The molecule has 0 aliphatic heterocycles. The number of allylic oxidation sites excluding steroid dienone is 22. The zero-order chi connectivity index (χ0) is 53.4. The Labute approximate surface area is 457 Å². The summed E-state index contributed by atoms with van der Waals surface area (Å²) in [6.07, 6.45) is 94.3. The van der Waals surface area contributed by atoms with E-state index in [0.29, 0.717) is 12.8 Å². The predicted molar refractivity (Wildman–Crippen MR) is 324 cm³/mol. The van der Waals surface area contributed by atoms with Crippen LogP contribution in [-0.4, -0.2) is 36.4 Å². The fourth-order valence-corrected chi connectivity index (χ4v) is 8.38. The third-order valence-corrected chi connectivity index (χ3v) is 13.0. The Morgan fingerprint density at radius 1 is 0.324 bits per heavy atom. The van der Waals surface area contributed by atoms with Gasteiger partial charge in [-0.1, -0.05) is 295 Å². The third-order valence-electron chi connectivity index (χ3n) is 13.0. The van der Waals surface area contributed by atoms with Crippen LogP contribution in [-0.2, 0) is 19.1 Å². The van der Waals surface area contributed by atoms with Gasteiger partial charge >= 0.3 is 11.9 Å². The largest absolute Gasteiger partial charge is 0.462 e. The molecule has 5 nitrogen and oxygen atoms in total. The summed E-state index contributed by atoms with van der Waals surface area (Å²) in [7, 11) is 0. The van der Waals surface area contributed by atoms with Gasteiger partial charge < -0.3 is 14.6 Å². The molecule has 0 spiro atoms. The zero-order valence-corrected chi connectivity index (χ0v) is 48.1. The average Bonchev–Trinajstić information content (AvgIpc) is 3.40. The zero-order valence-electron chi connectivity index (χ0n) is 48.1. The van der Waals surface area contributed by atoms with Crippen LogP contribution in [0.15, 0.2) is 134 Å². The van der Waals surface area contributed by atoms with Crippen molar-refractivity contribution >= 4 is 11.9 Å². The second kappa shape index (κ2) is 63.3. The Hall–Kier alpha value is -3.96. The van der Waals surface area contributed by atoms with E-state index in [2.05, 4.69) is 148 Å². The Morgan fingerprint density at radius 2 is 0.581 bits per heavy atom. The summed E-state index contributed by atoms with van der Waals surface area (Å²) >= 11 is 0. The fraction of sp³-hybridized carbons (Fsp3) is 0.652. The molecule has 1 unspecified atom stereocenters. The number of hydrogen-bond donors (Lipinski definition) is 1. The molecule has 0 aliphatic rings. The fourth-order valence-electron chi connectivity index (χ4n) is 8.38. The first-order valence-electron chi connectivity index (χ1n) is 30.7. The molecule has 0 aromatic carbocycles. The Balaban J connectivity index is 3.62. The van der Waals surface area contributed by atoms with E-state index < -0.39 is 6.10 Å². The quantitative estimate of drug-likeness (QED) is 0.0373. The molecule has 0 heterocycles. The van der Waals surface area contributed by atoms with Crippen LogP contribution in [0.2, 0.25) is 0 Å². The lowest BCUT2D eigenvalue weighted by atomic mass is 10.0. The van der Waals surface area contributed by atoms with Gasteiger partial charge in [0, 0.05) is 12.8 Å². The summed E-state index contributed by atoms with van der Waals surface area (Å²) in [6, 6.07) is 0. The highest BCUT2D eigenvalue weighted by molar-refractivity contribution is 5.70. The summed E-state index contributed by atoms with van der Waals surface area (Å²) in [5.41, 5.74) is 0. The molecule has 0 aromatic rings. The van der Waals surface area contributed by atoms with E-state index in [0.717, 1.165) is 128 Å². The molecule has 0 radical (unpaired) electrons. The molecule has 74 heavy (non-hydrogen) atoms. The maximum Gasteiger partial charge on any atom is 0.306 e. The molecule has 420 valence electrons. The van der Waals surface area contributed by atoms with E-state index >= 15 is 0 Å². The number of aliphatic hydroxyl groups is 1. The van der Waals surface area contributed by atoms with Crippen molar-refractivity contribution in [2.75, 3.05) is 13.2 Å². The number of ether oxygens (including phenoxy) is 2.